The number of aromatic hydroxyl groups is 1. The van der Waals surface area contributed by atoms with Crippen LogP contribution in [0.1, 0.15) is 11.1 Å². The summed E-state index contributed by atoms with van der Waals surface area (Å²) >= 11 is 1.67. The Labute approximate surface area is 129 Å². The second kappa shape index (κ2) is 5.28. The third kappa shape index (κ3) is 2.87. The van der Waals surface area contributed by atoms with Gasteiger partial charge in [0.1, 0.15) is 17.3 Å². The summed E-state index contributed by atoms with van der Waals surface area (Å²) in [5.74, 6) is -1.19. The van der Waals surface area contributed by atoms with E-state index in [-0.39, 0.29) is 9.32 Å². The van der Waals surface area contributed by atoms with E-state index < -0.39 is 34.4 Å². The Morgan fingerprint density at radius 3 is 2.52 bits per heavy atom. The molecule has 4 nitrogen and oxygen atoms in total. The van der Waals surface area contributed by atoms with Gasteiger partial charge >= 0.3 is 6.18 Å². The smallest absolute Gasteiger partial charge is 0.418 e. The van der Waals surface area contributed by atoms with Crippen molar-refractivity contribution in [3.8, 4) is 11.4 Å². The first-order valence-corrected chi connectivity index (χ1v) is 6.55. The molecule has 2 rings (SSSR count). The topological polar surface area (TPSA) is 55.1 Å². The molecule has 1 N–H and O–H groups in total. The van der Waals surface area contributed by atoms with E-state index in [4.69, 9.17) is 0 Å². The Hall–Kier alpha value is -1.65. The van der Waals surface area contributed by atoms with Crippen LogP contribution in [0.25, 0.3) is 5.69 Å². The first-order chi connectivity index (χ1) is 9.62. The summed E-state index contributed by atoms with van der Waals surface area (Å²) in [6.45, 7) is 0.980. The number of benzene rings is 1. The molecular weight excluding hydrogens is 407 g/mol. The van der Waals surface area contributed by atoms with Gasteiger partial charge in [0.05, 0.1) is 15.3 Å². The summed E-state index contributed by atoms with van der Waals surface area (Å²) < 4.78 is 52.5. The van der Waals surface area contributed by atoms with Crippen molar-refractivity contribution in [2.75, 3.05) is 0 Å². The molecule has 0 atom stereocenters. The standard InChI is InChI=1S/C12H7F4IN2O2/c1-5-6(12(14,15)16)4-18-19(11(5)21)9-3-10(20)8(17)2-7(9)13/h2-4,20H,1H3. The predicted molar refractivity (Wildman–Crippen MR) is 73.9 cm³/mol. The van der Waals surface area contributed by atoms with Gasteiger partial charge in [-0.05, 0) is 35.6 Å². The zero-order chi connectivity index (χ0) is 15.9. The lowest BCUT2D eigenvalue weighted by atomic mass is 10.2. The summed E-state index contributed by atoms with van der Waals surface area (Å²) in [6.07, 6.45) is -4.27. The van der Waals surface area contributed by atoms with Crippen LogP contribution in [0.4, 0.5) is 17.6 Å². The molecule has 1 aromatic carbocycles. The number of nitrogens with zero attached hydrogens (tertiary/aromatic N) is 2. The molecule has 0 radical (unpaired) electrons. The molecule has 0 unspecified atom stereocenters. The van der Waals surface area contributed by atoms with Gasteiger partial charge in [0.15, 0.2) is 0 Å². The van der Waals surface area contributed by atoms with Gasteiger partial charge in [0.25, 0.3) is 5.56 Å². The zero-order valence-corrected chi connectivity index (χ0v) is 12.5. The Bertz CT molecular complexity index is 771. The third-order valence-corrected chi connectivity index (χ3v) is 3.63. The molecule has 0 saturated carbocycles. The molecule has 0 saturated heterocycles. The molecule has 1 aromatic heterocycles. The molecule has 2 aromatic rings. The van der Waals surface area contributed by atoms with Crippen LogP contribution in [0.5, 0.6) is 5.75 Å². The van der Waals surface area contributed by atoms with Crippen LogP contribution in [0.2, 0.25) is 0 Å². The van der Waals surface area contributed by atoms with Gasteiger partial charge in [-0.3, -0.25) is 4.79 Å². The van der Waals surface area contributed by atoms with Gasteiger partial charge in [0.2, 0.25) is 0 Å². The summed E-state index contributed by atoms with van der Waals surface area (Å²) in [5, 5.41) is 12.9. The Kier molecular flexibility index (Phi) is 3.95. The molecule has 1 heterocycles. The fraction of sp³-hybridized carbons (Fsp3) is 0.167. The monoisotopic (exact) mass is 414 g/mol. The lowest BCUT2D eigenvalue weighted by Crippen LogP contribution is -2.27. The molecule has 21 heavy (non-hydrogen) atoms. The van der Waals surface area contributed by atoms with Gasteiger partial charge in [-0.2, -0.15) is 23.0 Å². The average Bonchev–Trinajstić information content (AvgIpc) is 2.36. The van der Waals surface area contributed by atoms with Crippen molar-refractivity contribution in [3.05, 3.63) is 49.2 Å². The predicted octanol–water partition coefficient (Wildman–Crippen LogP) is 3.01. The lowest BCUT2D eigenvalue weighted by molar-refractivity contribution is -0.138. The molecule has 112 valence electrons. The van der Waals surface area contributed by atoms with E-state index >= 15 is 0 Å². The molecule has 0 amide bonds. The van der Waals surface area contributed by atoms with Crippen molar-refractivity contribution in [3.63, 3.8) is 0 Å². The van der Waals surface area contributed by atoms with E-state index in [1.807, 2.05) is 0 Å². The van der Waals surface area contributed by atoms with Crippen molar-refractivity contribution in [2.24, 2.45) is 0 Å². The van der Waals surface area contributed by atoms with Crippen molar-refractivity contribution in [1.29, 1.82) is 0 Å². The van der Waals surface area contributed by atoms with Crippen LogP contribution < -0.4 is 5.56 Å². The highest BCUT2D eigenvalue weighted by molar-refractivity contribution is 14.1. The highest BCUT2D eigenvalue weighted by atomic mass is 127. The van der Waals surface area contributed by atoms with E-state index in [0.717, 1.165) is 19.1 Å². The molecule has 0 spiro atoms. The van der Waals surface area contributed by atoms with Crippen molar-refractivity contribution >= 4 is 22.6 Å². The zero-order valence-electron chi connectivity index (χ0n) is 10.4. The maximum absolute atomic E-state index is 13.8. The first-order valence-electron chi connectivity index (χ1n) is 5.47. The SMILES string of the molecule is Cc1c(C(F)(F)F)cnn(-c2cc(O)c(I)cc2F)c1=O. The van der Waals surface area contributed by atoms with Gasteiger partial charge in [-0.1, -0.05) is 0 Å². The lowest BCUT2D eigenvalue weighted by Gasteiger charge is -2.12. The van der Waals surface area contributed by atoms with E-state index in [1.165, 1.54) is 0 Å². The average molecular weight is 414 g/mol. The number of phenolic OH excluding ortho intramolecular Hbond substituents is 1. The van der Waals surface area contributed by atoms with E-state index in [1.54, 1.807) is 22.6 Å². The molecule has 0 bridgehead atoms. The second-order valence-corrected chi connectivity index (χ2v) is 5.32. The van der Waals surface area contributed by atoms with Crippen LogP contribution in [0.3, 0.4) is 0 Å². The Morgan fingerprint density at radius 1 is 1.33 bits per heavy atom. The van der Waals surface area contributed by atoms with Crippen LogP contribution in [0.15, 0.2) is 23.1 Å². The van der Waals surface area contributed by atoms with E-state index in [2.05, 4.69) is 5.10 Å². The van der Waals surface area contributed by atoms with E-state index in [9.17, 15) is 27.5 Å². The first kappa shape index (κ1) is 15.7. The van der Waals surface area contributed by atoms with E-state index in [0.29, 0.717) is 10.9 Å². The maximum Gasteiger partial charge on any atom is 0.418 e. The van der Waals surface area contributed by atoms with Gasteiger partial charge < -0.3 is 5.11 Å². The highest BCUT2D eigenvalue weighted by Gasteiger charge is 2.34. The molecule has 0 aliphatic carbocycles. The molecule has 9 heteroatoms. The molecule has 0 aliphatic heterocycles. The quantitative estimate of drug-likeness (QED) is 0.577. The van der Waals surface area contributed by atoms with Gasteiger partial charge in [-0.25, -0.2) is 4.39 Å². The Morgan fingerprint density at radius 2 is 1.95 bits per heavy atom. The highest BCUT2D eigenvalue weighted by Crippen LogP contribution is 2.30. The number of hydrogen-bond donors (Lipinski definition) is 1. The summed E-state index contributed by atoms with van der Waals surface area (Å²) in [5.41, 5.74) is -3.31. The van der Waals surface area contributed by atoms with Crippen LogP contribution >= 0.6 is 22.6 Å². The summed E-state index contributed by atoms with van der Waals surface area (Å²) in [4.78, 5) is 11.9. The molecule has 0 fully saturated rings. The van der Waals surface area contributed by atoms with Crippen LogP contribution in [-0.2, 0) is 6.18 Å². The van der Waals surface area contributed by atoms with Gasteiger partial charge in [0, 0.05) is 11.6 Å². The number of alkyl halides is 3. The minimum Gasteiger partial charge on any atom is -0.507 e. The van der Waals surface area contributed by atoms with Crippen molar-refractivity contribution < 1.29 is 22.7 Å². The summed E-state index contributed by atoms with van der Waals surface area (Å²) in [6, 6.07) is 1.88. The Balaban J connectivity index is 2.71. The molecular formula is C12H7F4IN2O2. The number of halogens is 5. The largest absolute Gasteiger partial charge is 0.507 e. The number of rotatable bonds is 1. The second-order valence-electron chi connectivity index (χ2n) is 4.15. The number of hydrogen-bond acceptors (Lipinski definition) is 3. The minimum atomic E-state index is -4.72. The molecule has 0 aliphatic rings. The fourth-order valence-electron chi connectivity index (χ4n) is 1.69. The maximum atomic E-state index is 13.8. The summed E-state index contributed by atoms with van der Waals surface area (Å²) in [7, 11) is 0. The number of phenols is 1. The van der Waals surface area contributed by atoms with Crippen molar-refractivity contribution in [2.45, 2.75) is 13.1 Å². The van der Waals surface area contributed by atoms with Crippen LogP contribution in [-0.4, -0.2) is 14.9 Å². The van der Waals surface area contributed by atoms with Crippen molar-refractivity contribution in [1.82, 2.24) is 9.78 Å². The fourth-order valence-corrected chi connectivity index (χ4v) is 2.11. The third-order valence-electron chi connectivity index (χ3n) is 2.77. The van der Waals surface area contributed by atoms with Crippen LogP contribution in [0, 0.1) is 16.3 Å². The normalized spacial score (nSPS) is 11.7. The van der Waals surface area contributed by atoms with Gasteiger partial charge in [-0.15, -0.1) is 0 Å². The number of aromatic nitrogens is 2. The minimum absolute atomic E-state index is 0.200.